The van der Waals surface area contributed by atoms with Crippen molar-refractivity contribution in [2.75, 3.05) is 63.5 Å². The van der Waals surface area contributed by atoms with Crippen molar-refractivity contribution in [3.8, 4) is 0 Å². The van der Waals surface area contributed by atoms with Gasteiger partial charge in [0.1, 0.15) is 0 Å². The van der Waals surface area contributed by atoms with E-state index in [1.807, 2.05) is 0 Å². The highest BCUT2D eigenvalue weighted by Crippen LogP contribution is 2.25. The molecule has 0 saturated carbocycles. The molecular formula is C72H82N4O22. The number of esters is 8. The molecule has 2 amide bonds. The normalized spacial score (nSPS) is 17.1. The van der Waals surface area contributed by atoms with Gasteiger partial charge in [0.05, 0.1) is 107 Å². The molecule has 2 N–H and O–H groups in total. The third-order valence-corrected chi connectivity index (χ3v) is 16.0. The van der Waals surface area contributed by atoms with E-state index in [-0.39, 0.29) is 120 Å². The molecule has 0 fully saturated rings. The molecular weight excluding hydrogens is 1270 g/mol. The Hall–Kier alpha value is -10.4. The van der Waals surface area contributed by atoms with Crippen LogP contribution in [0.1, 0.15) is 258 Å². The number of carbonyl (C=O) groups excluding carboxylic acids is 10. The van der Waals surface area contributed by atoms with Crippen LogP contribution in [0, 0.1) is 20.2 Å². The number of amides is 2. The quantitative estimate of drug-likeness (QED) is 0.0690. The van der Waals surface area contributed by atoms with Crippen LogP contribution < -0.4 is 10.6 Å². The van der Waals surface area contributed by atoms with Crippen LogP contribution in [0.5, 0.6) is 0 Å². The van der Waals surface area contributed by atoms with Gasteiger partial charge in [-0.1, -0.05) is 103 Å². The molecule has 5 aromatic rings. The highest BCUT2D eigenvalue weighted by atomic mass is 16.6. The zero-order chi connectivity index (χ0) is 70.0. The van der Waals surface area contributed by atoms with Crippen LogP contribution in [0.3, 0.4) is 0 Å². The van der Waals surface area contributed by atoms with Crippen LogP contribution in [0.15, 0.2) is 97.1 Å². The second-order valence-electron chi connectivity index (χ2n) is 23.7. The highest BCUT2D eigenvalue weighted by Gasteiger charge is 2.24. The Bertz CT molecular complexity index is 3240. The molecule has 2 aliphatic heterocycles. The smallest absolute Gasteiger partial charge is 0.338 e. The van der Waals surface area contributed by atoms with Crippen LogP contribution in [0.4, 0.5) is 22.7 Å². The fourth-order valence-corrected chi connectivity index (χ4v) is 10.6. The number of carbonyl (C=O) groups is 10. The number of non-ortho nitro benzene ring substituents is 2. The molecule has 2 heterocycles. The molecule has 0 atom stereocenters. The van der Waals surface area contributed by atoms with Crippen LogP contribution in [0.2, 0.25) is 0 Å². The van der Waals surface area contributed by atoms with Gasteiger partial charge in [0, 0.05) is 46.8 Å². The lowest BCUT2D eigenvalue weighted by atomic mass is 10.1. The number of nitrogens with zero attached hydrogens (tertiary/aromatic N) is 2. The summed E-state index contributed by atoms with van der Waals surface area (Å²) in [6, 6.07) is 20.3. The van der Waals surface area contributed by atoms with Crippen molar-refractivity contribution in [3.63, 3.8) is 0 Å². The molecule has 522 valence electrons. The first-order valence-electron chi connectivity index (χ1n) is 33.4. The van der Waals surface area contributed by atoms with Gasteiger partial charge >= 0.3 is 47.8 Å². The van der Waals surface area contributed by atoms with E-state index in [1.165, 1.54) is 72.8 Å². The predicted molar refractivity (Wildman–Crippen MR) is 354 cm³/mol. The van der Waals surface area contributed by atoms with Gasteiger partial charge < -0.3 is 48.5 Å². The van der Waals surface area contributed by atoms with Gasteiger partial charge in [0.15, 0.2) is 0 Å². The number of benzene rings is 5. The van der Waals surface area contributed by atoms with E-state index in [0.29, 0.717) is 103 Å². The fraction of sp³-hybridized carbons (Fsp3) is 0.444. The van der Waals surface area contributed by atoms with Crippen LogP contribution in [0.25, 0.3) is 0 Å². The summed E-state index contributed by atoms with van der Waals surface area (Å²) in [6.45, 7) is 0.403. The van der Waals surface area contributed by atoms with Crippen molar-refractivity contribution in [2.45, 2.75) is 154 Å². The van der Waals surface area contributed by atoms with Gasteiger partial charge in [-0.15, -0.1) is 0 Å². The summed E-state index contributed by atoms with van der Waals surface area (Å²) in [5.41, 5.74) is -1.20. The first-order valence-corrected chi connectivity index (χ1v) is 33.4. The summed E-state index contributed by atoms with van der Waals surface area (Å²) < 4.78 is 43.8. The van der Waals surface area contributed by atoms with Gasteiger partial charge in [-0.3, -0.25) is 29.8 Å². The second-order valence-corrected chi connectivity index (χ2v) is 23.7. The molecule has 26 nitrogen and oxygen atoms in total. The Balaban J connectivity index is 0.943. The predicted octanol–water partition coefficient (Wildman–Crippen LogP) is 14.1. The minimum absolute atomic E-state index is 0.0247. The number of rotatable bonds is 6. The molecule has 0 spiro atoms. The standard InChI is InChI=1S/C72H82N4O22/c77-63(73-59-41-51-37-52(42-59)66(80)92-30-18-10-2-6-14-22-34-96-70(84)56-39-55(45-61(46-56)75(87)88)69(83)95-33-21-13-5-1-9-17-29-91-65(51)79)49-25-27-50(28-26-49)64(78)74-60-43-53-38-54(44-60)68(82)94-32-20-12-4-8-16-24-36-98-72(86)58-40-57(47-62(48-58)76(89)90)71(85)97-35-23-15-7-3-11-19-31-93-67(53)81/h25-28,37-48H,1-24,29-36H2,(H,73,77)(H,74,78). The van der Waals surface area contributed by atoms with Gasteiger partial charge in [0.2, 0.25) is 0 Å². The molecule has 2 aliphatic rings. The van der Waals surface area contributed by atoms with Gasteiger partial charge in [-0.05, 0) is 124 Å². The number of ether oxygens (including phenoxy) is 8. The fourth-order valence-electron chi connectivity index (χ4n) is 10.6. The lowest BCUT2D eigenvalue weighted by molar-refractivity contribution is -0.385. The zero-order valence-electron chi connectivity index (χ0n) is 54.7. The van der Waals surface area contributed by atoms with E-state index in [1.54, 1.807) is 0 Å². The maximum absolute atomic E-state index is 13.8. The molecule has 7 rings (SSSR count). The molecule has 0 radical (unpaired) electrons. The van der Waals surface area contributed by atoms with Crippen molar-refractivity contribution in [1.82, 2.24) is 0 Å². The van der Waals surface area contributed by atoms with Gasteiger partial charge in [-0.25, -0.2) is 38.4 Å². The van der Waals surface area contributed by atoms with E-state index >= 15 is 0 Å². The molecule has 98 heavy (non-hydrogen) atoms. The molecule has 0 unspecified atom stereocenters. The monoisotopic (exact) mass is 1350 g/mol. The molecule has 5 aromatic carbocycles. The van der Waals surface area contributed by atoms with Crippen LogP contribution in [-0.4, -0.2) is 122 Å². The van der Waals surface area contributed by atoms with Crippen LogP contribution in [-0.2, 0) is 37.9 Å². The summed E-state index contributed by atoms with van der Waals surface area (Å²) in [4.78, 5) is 155. The zero-order valence-corrected chi connectivity index (χ0v) is 54.7. The Kier molecular flexibility index (Phi) is 30.8. The first kappa shape index (κ1) is 75.0. The molecule has 0 aromatic heterocycles. The number of cyclic esters (lactones) is 8. The topological polar surface area (TPSA) is 355 Å². The summed E-state index contributed by atoms with van der Waals surface area (Å²) in [5, 5.41) is 28.7. The average molecular weight is 1360 g/mol. The molecule has 0 saturated heterocycles. The Morgan fingerprint density at radius 2 is 0.429 bits per heavy atom. The SMILES string of the molecule is O=C(Nc1cc2cc(c1)C(=O)OCCCCCCCCOC(=O)c1cc(cc([N+](=O)[O-])c1)C(=O)OCCCCCCCCOC2=O)c1ccc(C(=O)Nc2cc3cc(c2)C(=O)OCCCCCCCCOC(=O)c2cc(cc([N+](=O)[O-])c2)C(=O)OCCCCCCCCOC3=O)cc1. The van der Waals surface area contributed by atoms with E-state index in [9.17, 15) is 68.2 Å². The number of hydrogen-bond acceptors (Lipinski definition) is 22. The van der Waals surface area contributed by atoms with E-state index < -0.39 is 80.8 Å². The molecule has 8 bridgehead atoms. The Morgan fingerprint density at radius 1 is 0.265 bits per heavy atom. The number of hydrogen-bond donors (Lipinski definition) is 2. The van der Waals surface area contributed by atoms with Crippen molar-refractivity contribution in [1.29, 1.82) is 0 Å². The number of fused-ring (bicyclic) bond motifs is 8. The summed E-state index contributed by atoms with van der Waals surface area (Å²) in [5.74, 6) is -7.51. The third-order valence-electron chi connectivity index (χ3n) is 16.0. The van der Waals surface area contributed by atoms with Gasteiger partial charge in [-0.2, -0.15) is 0 Å². The average Bonchev–Trinajstić information content (AvgIpc) is 1.03. The third kappa shape index (κ3) is 25.3. The number of nitro groups is 2. The molecule has 0 aliphatic carbocycles. The van der Waals surface area contributed by atoms with Crippen molar-refractivity contribution >= 4 is 82.3 Å². The van der Waals surface area contributed by atoms with Gasteiger partial charge in [0.25, 0.3) is 23.2 Å². The highest BCUT2D eigenvalue weighted by molar-refractivity contribution is 6.09. The van der Waals surface area contributed by atoms with Crippen molar-refractivity contribution < 1.29 is 95.7 Å². The maximum atomic E-state index is 13.8. The van der Waals surface area contributed by atoms with Crippen molar-refractivity contribution in [2.24, 2.45) is 0 Å². The maximum Gasteiger partial charge on any atom is 0.338 e. The van der Waals surface area contributed by atoms with E-state index in [2.05, 4.69) is 10.6 Å². The number of nitrogens with one attached hydrogen (secondary N) is 2. The second kappa shape index (κ2) is 40.2. The molecule has 26 heteroatoms. The van der Waals surface area contributed by atoms with E-state index in [0.717, 1.165) is 75.6 Å². The lowest BCUT2D eigenvalue weighted by Crippen LogP contribution is -2.17. The van der Waals surface area contributed by atoms with Crippen LogP contribution >= 0.6 is 0 Å². The minimum Gasteiger partial charge on any atom is -0.462 e. The van der Waals surface area contributed by atoms with Crippen molar-refractivity contribution in [3.05, 3.63) is 173 Å². The minimum atomic E-state index is -0.803. The number of nitro benzene ring substituents is 2. The summed E-state index contributed by atoms with van der Waals surface area (Å²) in [7, 11) is 0. The van der Waals surface area contributed by atoms with E-state index in [4.69, 9.17) is 37.9 Å². The summed E-state index contributed by atoms with van der Waals surface area (Å²) >= 11 is 0. The lowest BCUT2D eigenvalue weighted by Gasteiger charge is -2.13. The largest absolute Gasteiger partial charge is 0.462 e. The number of anilines is 2. The first-order chi connectivity index (χ1) is 47.4. The summed E-state index contributed by atoms with van der Waals surface area (Å²) in [6.07, 6.45) is 15.7. The Morgan fingerprint density at radius 3 is 0.602 bits per heavy atom. The Labute approximate surface area is 566 Å².